The maximum atomic E-state index is 12.8. The Balaban J connectivity index is 1.82. The van der Waals surface area contributed by atoms with Gasteiger partial charge in [0.2, 0.25) is 0 Å². The maximum Gasteiger partial charge on any atom is 0.329 e. The van der Waals surface area contributed by atoms with Crippen molar-refractivity contribution in [2.75, 3.05) is 13.7 Å². The molecule has 3 rings (SSSR count). The predicted molar refractivity (Wildman–Crippen MR) is 123 cm³/mol. The number of hydrogen-bond acceptors (Lipinski definition) is 7. The van der Waals surface area contributed by atoms with Crippen molar-refractivity contribution in [2.45, 2.75) is 26.5 Å². The van der Waals surface area contributed by atoms with E-state index in [1.807, 2.05) is 30.3 Å². The number of hydrogen-bond donors (Lipinski definition) is 0. The van der Waals surface area contributed by atoms with Crippen molar-refractivity contribution in [1.29, 1.82) is 0 Å². The van der Waals surface area contributed by atoms with Crippen LogP contribution < -0.4 is 9.47 Å². The average molecular weight is 476 g/mol. The van der Waals surface area contributed by atoms with Crippen molar-refractivity contribution >= 4 is 46.6 Å². The summed E-state index contributed by atoms with van der Waals surface area (Å²) >= 11 is 7.17. The zero-order chi connectivity index (χ0) is 23.3. The molecule has 0 aromatic heterocycles. The third kappa shape index (κ3) is 5.26. The number of ether oxygens (including phenoxy) is 3. The molecule has 2 aromatic rings. The van der Waals surface area contributed by atoms with E-state index in [9.17, 15) is 14.4 Å². The van der Waals surface area contributed by atoms with Crippen LogP contribution in [0.25, 0.3) is 6.08 Å². The van der Waals surface area contributed by atoms with Crippen LogP contribution in [0.2, 0.25) is 5.02 Å². The summed E-state index contributed by atoms with van der Waals surface area (Å²) < 4.78 is 16.2. The van der Waals surface area contributed by atoms with Gasteiger partial charge in [0.1, 0.15) is 12.6 Å². The number of thioether (sulfide) groups is 1. The van der Waals surface area contributed by atoms with Gasteiger partial charge < -0.3 is 14.2 Å². The topological polar surface area (TPSA) is 82.1 Å². The van der Waals surface area contributed by atoms with Gasteiger partial charge in [0.15, 0.2) is 11.5 Å². The van der Waals surface area contributed by atoms with Crippen molar-refractivity contribution in [3.8, 4) is 11.5 Å². The lowest BCUT2D eigenvalue weighted by molar-refractivity contribution is -0.150. The number of carbonyl (C=O) groups excluding carboxylic acids is 3. The summed E-state index contributed by atoms with van der Waals surface area (Å²) in [6.07, 6.45) is 1.53. The van der Waals surface area contributed by atoms with Crippen LogP contribution in [0.3, 0.4) is 0 Å². The summed E-state index contributed by atoms with van der Waals surface area (Å²) in [6, 6.07) is 11.9. The van der Waals surface area contributed by atoms with Gasteiger partial charge in [0, 0.05) is 0 Å². The van der Waals surface area contributed by atoms with Crippen LogP contribution in [-0.2, 0) is 20.9 Å². The van der Waals surface area contributed by atoms with E-state index in [2.05, 4.69) is 0 Å². The van der Waals surface area contributed by atoms with E-state index in [4.69, 9.17) is 25.8 Å². The molecule has 2 amide bonds. The molecule has 1 aliphatic heterocycles. The molecular weight excluding hydrogens is 454 g/mol. The number of halogens is 1. The monoisotopic (exact) mass is 475 g/mol. The highest BCUT2D eigenvalue weighted by Crippen LogP contribution is 2.39. The minimum absolute atomic E-state index is 0.159. The first-order chi connectivity index (χ1) is 15.3. The van der Waals surface area contributed by atoms with Gasteiger partial charge in [-0.2, -0.15) is 0 Å². The number of esters is 1. The Morgan fingerprint density at radius 3 is 2.59 bits per heavy atom. The first-order valence-corrected chi connectivity index (χ1v) is 11.0. The van der Waals surface area contributed by atoms with Crippen molar-refractivity contribution in [2.24, 2.45) is 0 Å². The minimum atomic E-state index is -1.01. The third-order valence-electron chi connectivity index (χ3n) is 4.61. The summed E-state index contributed by atoms with van der Waals surface area (Å²) in [5.74, 6) is -0.446. The van der Waals surface area contributed by atoms with Crippen LogP contribution in [0.15, 0.2) is 47.4 Å². The second kappa shape index (κ2) is 10.6. The fourth-order valence-electron chi connectivity index (χ4n) is 3.03. The largest absolute Gasteiger partial charge is 0.493 e. The number of rotatable bonds is 8. The highest BCUT2D eigenvalue weighted by Gasteiger charge is 2.41. The van der Waals surface area contributed by atoms with Gasteiger partial charge in [0.25, 0.3) is 11.1 Å². The lowest BCUT2D eigenvalue weighted by atomic mass is 10.1. The van der Waals surface area contributed by atoms with Gasteiger partial charge >= 0.3 is 5.97 Å². The van der Waals surface area contributed by atoms with E-state index in [0.29, 0.717) is 28.7 Å². The fraction of sp³-hybridized carbons (Fsp3) is 0.261. The molecule has 1 fully saturated rings. The average Bonchev–Trinajstić information content (AvgIpc) is 3.05. The highest BCUT2D eigenvalue weighted by molar-refractivity contribution is 8.18. The Kier molecular flexibility index (Phi) is 7.82. The van der Waals surface area contributed by atoms with E-state index >= 15 is 0 Å². The minimum Gasteiger partial charge on any atom is -0.493 e. The predicted octanol–water partition coefficient (Wildman–Crippen LogP) is 4.92. The van der Waals surface area contributed by atoms with Gasteiger partial charge in [-0.1, -0.05) is 41.9 Å². The van der Waals surface area contributed by atoms with Crippen molar-refractivity contribution in [3.05, 3.63) is 63.5 Å². The number of amides is 2. The summed E-state index contributed by atoms with van der Waals surface area (Å²) in [7, 11) is 1.49. The first kappa shape index (κ1) is 23.7. The van der Waals surface area contributed by atoms with Crippen LogP contribution in [0, 0.1) is 0 Å². The first-order valence-electron chi connectivity index (χ1n) is 9.83. The zero-order valence-electron chi connectivity index (χ0n) is 17.8. The molecule has 168 valence electrons. The Labute approximate surface area is 195 Å². The normalized spacial score (nSPS) is 15.8. The molecular formula is C23H22ClNO6S. The number of imide groups is 1. The molecule has 0 radical (unpaired) electrons. The molecule has 0 N–H and O–H groups in total. The number of carbonyl (C=O) groups is 3. The van der Waals surface area contributed by atoms with E-state index < -0.39 is 23.2 Å². The fourth-order valence-corrected chi connectivity index (χ4v) is 4.21. The highest BCUT2D eigenvalue weighted by atomic mass is 35.5. The van der Waals surface area contributed by atoms with Gasteiger partial charge in [-0.25, -0.2) is 4.79 Å². The summed E-state index contributed by atoms with van der Waals surface area (Å²) in [4.78, 5) is 38.1. The van der Waals surface area contributed by atoms with Gasteiger partial charge in [-0.15, -0.1) is 0 Å². The molecule has 1 heterocycles. The molecule has 0 spiro atoms. The van der Waals surface area contributed by atoms with Crippen LogP contribution in [0.5, 0.6) is 11.5 Å². The number of benzene rings is 2. The summed E-state index contributed by atoms with van der Waals surface area (Å²) in [5.41, 5.74) is 1.52. The molecule has 0 saturated carbocycles. The number of nitrogens with zero attached hydrogens (tertiary/aromatic N) is 1. The Morgan fingerprint density at radius 2 is 1.94 bits per heavy atom. The van der Waals surface area contributed by atoms with Gasteiger partial charge in [0.05, 0.1) is 23.6 Å². The van der Waals surface area contributed by atoms with Crippen LogP contribution in [0.4, 0.5) is 4.79 Å². The molecule has 0 unspecified atom stereocenters. The lowest BCUT2D eigenvalue weighted by Crippen LogP contribution is -2.42. The quantitative estimate of drug-likeness (QED) is 0.396. The molecule has 0 aliphatic carbocycles. The molecule has 1 saturated heterocycles. The van der Waals surface area contributed by atoms with E-state index in [-0.39, 0.29) is 11.5 Å². The van der Waals surface area contributed by atoms with Crippen molar-refractivity contribution in [1.82, 2.24) is 4.90 Å². The van der Waals surface area contributed by atoms with Crippen molar-refractivity contribution in [3.63, 3.8) is 0 Å². The summed E-state index contributed by atoms with van der Waals surface area (Å²) in [6.45, 7) is 3.58. The Bertz CT molecular complexity index is 1060. The summed E-state index contributed by atoms with van der Waals surface area (Å²) in [5, 5.41) is -0.242. The molecule has 1 atom stereocenters. The molecule has 32 heavy (non-hydrogen) atoms. The smallest absolute Gasteiger partial charge is 0.329 e. The Morgan fingerprint density at radius 1 is 1.22 bits per heavy atom. The van der Waals surface area contributed by atoms with E-state index in [0.717, 1.165) is 22.2 Å². The van der Waals surface area contributed by atoms with Crippen LogP contribution in [-0.4, -0.2) is 41.8 Å². The van der Waals surface area contributed by atoms with E-state index in [1.165, 1.54) is 20.1 Å². The van der Waals surface area contributed by atoms with Gasteiger partial charge in [-0.05, 0) is 54.9 Å². The van der Waals surface area contributed by atoms with Crippen molar-refractivity contribution < 1.29 is 28.6 Å². The van der Waals surface area contributed by atoms with E-state index in [1.54, 1.807) is 19.1 Å². The van der Waals surface area contributed by atoms with Crippen LogP contribution >= 0.6 is 23.4 Å². The standard InChI is InChI=1S/C23H22ClNO6S/c1-4-30-22(27)14(2)25-21(26)19(32-23(25)28)12-16-10-17(24)20(18(11-16)29-3)31-13-15-8-6-5-7-9-15/h5-12,14H,4,13H2,1-3H3/b19-12+/t14-/m0/s1. The maximum absolute atomic E-state index is 12.8. The third-order valence-corrected chi connectivity index (χ3v) is 5.78. The molecule has 9 heteroatoms. The molecule has 0 bridgehead atoms. The molecule has 7 nitrogen and oxygen atoms in total. The zero-order valence-corrected chi connectivity index (χ0v) is 19.4. The second-order valence-corrected chi connectivity index (χ2v) is 8.19. The van der Waals surface area contributed by atoms with Crippen LogP contribution in [0.1, 0.15) is 25.0 Å². The Hall–Kier alpha value is -2.97. The second-order valence-electron chi connectivity index (χ2n) is 6.79. The molecule has 1 aliphatic rings. The number of methoxy groups -OCH3 is 1. The van der Waals surface area contributed by atoms with Gasteiger partial charge in [-0.3, -0.25) is 14.5 Å². The lowest BCUT2D eigenvalue weighted by Gasteiger charge is -2.19. The SMILES string of the molecule is CCOC(=O)[C@H](C)N1C(=O)S/C(=C/c2cc(Cl)c(OCc3ccccc3)c(OC)c2)C1=O. The molecule has 2 aromatic carbocycles.